The number of hydrogen-bond acceptors (Lipinski definition) is 3. The topological polar surface area (TPSA) is 75.5 Å². The molecule has 8 heteroatoms. The van der Waals surface area contributed by atoms with Gasteiger partial charge in [0, 0.05) is 27.7 Å². The lowest BCUT2D eigenvalue weighted by Gasteiger charge is -2.09. The molecule has 3 aromatic rings. The zero-order valence-corrected chi connectivity index (χ0v) is 17.3. The molecule has 0 spiro atoms. The quantitative estimate of drug-likeness (QED) is 0.364. The smallest absolute Gasteiger partial charge is 0.318 e. The zero-order chi connectivity index (χ0) is 21.0. The van der Waals surface area contributed by atoms with Crippen LogP contribution in [-0.4, -0.2) is 22.6 Å². The van der Waals surface area contributed by atoms with E-state index in [1.165, 1.54) is 6.21 Å². The minimum atomic E-state index is -0.898. The Morgan fingerprint density at radius 1 is 1.00 bits per heavy atom. The summed E-state index contributed by atoms with van der Waals surface area (Å²) in [5.41, 5.74) is 6.20. The maximum Gasteiger partial charge on any atom is 0.329 e. The van der Waals surface area contributed by atoms with Crippen LogP contribution in [0.15, 0.2) is 59.7 Å². The van der Waals surface area contributed by atoms with Crippen molar-refractivity contribution in [3.8, 4) is 5.69 Å². The first-order chi connectivity index (χ1) is 13.9. The highest BCUT2D eigenvalue weighted by Crippen LogP contribution is 2.22. The molecule has 0 aliphatic rings. The van der Waals surface area contributed by atoms with E-state index in [0.717, 1.165) is 22.6 Å². The van der Waals surface area contributed by atoms with Gasteiger partial charge in [-0.2, -0.15) is 5.10 Å². The Hall–Kier alpha value is -3.09. The number of nitrogens with one attached hydrogen (secondary N) is 2. The van der Waals surface area contributed by atoms with Crippen molar-refractivity contribution < 1.29 is 9.59 Å². The van der Waals surface area contributed by atoms with Gasteiger partial charge in [-0.05, 0) is 50.2 Å². The summed E-state index contributed by atoms with van der Waals surface area (Å²) in [6, 6.07) is 16.1. The lowest BCUT2D eigenvalue weighted by molar-refractivity contribution is -0.136. The van der Waals surface area contributed by atoms with Gasteiger partial charge in [0.2, 0.25) is 0 Å². The van der Waals surface area contributed by atoms with Crippen molar-refractivity contribution in [1.82, 2.24) is 9.99 Å². The maximum absolute atomic E-state index is 12.0. The number of anilines is 1. The molecule has 1 aromatic heterocycles. The molecule has 6 nitrogen and oxygen atoms in total. The van der Waals surface area contributed by atoms with Crippen molar-refractivity contribution in [2.45, 2.75) is 13.8 Å². The SMILES string of the molecule is Cc1cc(/C=N\NC(=O)C(=O)Nc2ccccc2Cl)c(C)n1-c1cccc(Cl)c1. The Labute approximate surface area is 178 Å². The highest BCUT2D eigenvalue weighted by Gasteiger charge is 2.14. The number of aryl methyl sites for hydroxylation is 1. The number of carbonyl (C=O) groups excluding carboxylic acids is 2. The van der Waals surface area contributed by atoms with Gasteiger partial charge in [-0.15, -0.1) is 0 Å². The highest BCUT2D eigenvalue weighted by molar-refractivity contribution is 6.41. The van der Waals surface area contributed by atoms with Gasteiger partial charge in [0.25, 0.3) is 0 Å². The molecule has 2 amide bonds. The Morgan fingerprint density at radius 3 is 2.48 bits per heavy atom. The van der Waals surface area contributed by atoms with E-state index in [2.05, 4.69) is 15.8 Å². The third-order valence-electron chi connectivity index (χ3n) is 4.23. The molecule has 2 aromatic carbocycles. The van der Waals surface area contributed by atoms with Gasteiger partial charge >= 0.3 is 11.8 Å². The van der Waals surface area contributed by atoms with Gasteiger partial charge in [-0.3, -0.25) is 9.59 Å². The van der Waals surface area contributed by atoms with Crippen LogP contribution in [0, 0.1) is 13.8 Å². The Morgan fingerprint density at radius 2 is 1.76 bits per heavy atom. The van der Waals surface area contributed by atoms with Crippen molar-refractivity contribution in [2.24, 2.45) is 5.10 Å². The van der Waals surface area contributed by atoms with E-state index in [4.69, 9.17) is 23.2 Å². The van der Waals surface area contributed by atoms with Gasteiger partial charge in [0.05, 0.1) is 16.9 Å². The third kappa shape index (κ3) is 4.85. The van der Waals surface area contributed by atoms with Gasteiger partial charge < -0.3 is 9.88 Å². The number of amides is 2. The van der Waals surface area contributed by atoms with Gasteiger partial charge in [-0.25, -0.2) is 5.43 Å². The summed E-state index contributed by atoms with van der Waals surface area (Å²) in [5, 5.41) is 7.31. The summed E-state index contributed by atoms with van der Waals surface area (Å²) in [7, 11) is 0. The second-order valence-electron chi connectivity index (χ2n) is 6.27. The van der Waals surface area contributed by atoms with Crippen molar-refractivity contribution in [1.29, 1.82) is 0 Å². The first-order valence-corrected chi connectivity index (χ1v) is 9.46. The molecule has 0 fully saturated rings. The summed E-state index contributed by atoms with van der Waals surface area (Å²) in [4.78, 5) is 23.9. The van der Waals surface area contributed by atoms with Crippen LogP contribution < -0.4 is 10.7 Å². The van der Waals surface area contributed by atoms with E-state index in [0.29, 0.717) is 15.7 Å². The Kier molecular flexibility index (Phi) is 6.36. The fourth-order valence-electron chi connectivity index (χ4n) is 2.88. The molecular weight excluding hydrogens is 411 g/mol. The first kappa shape index (κ1) is 20.6. The summed E-state index contributed by atoms with van der Waals surface area (Å²) in [5.74, 6) is -1.76. The Bertz CT molecular complexity index is 1110. The normalized spacial score (nSPS) is 10.9. The van der Waals surface area contributed by atoms with Crippen molar-refractivity contribution >= 4 is 46.9 Å². The molecule has 0 saturated heterocycles. The minimum Gasteiger partial charge on any atom is -0.318 e. The van der Waals surface area contributed by atoms with Crippen molar-refractivity contribution in [3.05, 3.63) is 81.6 Å². The summed E-state index contributed by atoms with van der Waals surface area (Å²) in [6.07, 6.45) is 1.49. The lowest BCUT2D eigenvalue weighted by atomic mass is 10.2. The number of carbonyl (C=O) groups is 2. The molecule has 148 valence electrons. The minimum absolute atomic E-state index is 0.339. The molecule has 0 aliphatic carbocycles. The molecule has 0 unspecified atom stereocenters. The van der Waals surface area contributed by atoms with E-state index in [9.17, 15) is 9.59 Å². The van der Waals surface area contributed by atoms with Crippen LogP contribution in [0.1, 0.15) is 17.0 Å². The molecule has 0 saturated carbocycles. The Balaban J connectivity index is 1.69. The lowest BCUT2D eigenvalue weighted by Crippen LogP contribution is -2.32. The summed E-state index contributed by atoms with van der Waals surface area (Å²) in [6.45, 7) is 3.89. The van der Waals surface area contributed by atoms with Crippen LogP contribution in [-0.2, 0) is 9.59 Å². The van der Waals surface area contributed by atoms with Crippen molar-refractivity contribution in [3.63, 3.8) is 0 Å². The van der Waals surface area contributed by atoms with Gasteiger partial charge in [0.15, 0.2) is 0 Å². The molecule has 0 radical (unpaired) electrons. The van der Waals surface area contributed by atoms with Crippen LogP contribution in [0.2, 0.25) is 10.0 Å². The van der Waals surface area contributed by atoms with Crippen LogP contribution in [0.4, 0.5) is 5.69 Å². The number of hydrogen-bond donors (Lipinski definition) is 2. The number of rotatable bonds is 4. The van der Waals surface area contributed by atoms with Crippen LogP contribution >= 0.6 is 23.2 Å². The summed E-state index contributed by atoms with van der Waals surface area (Å²) >= 11 is 12.1. The zero-order valence-electron chi connectivity index (χ0n) is 15.7. The average Bonchev–Trinajstić information content (AvgIpc) is 2.97. The molecule has 0 bridgehead atoms. The van der Waals surface area contributed by atoms with Gasteiger partial charge in [-0.1, -0.05) is 41.4 Å². The summed E-state index contributed by atoms with van der Waals surface area (Å²) < 4.78 is 2.03. The van der Waals surface area contributed by atoms with E-state index in [-0.39, 0.29) is 0 Å². The molecular formula is C21H18Cl2N4O2. The second kappa shape index (κ2) is 8.94. The first-order valence-electron chi connectivity index (χ1n) is 8.70. The molecule has 29 heavy (non-hydrogen) atoms. The molecule has 0 atom stereocenters. The maximum atomic E-state index is 12.0. The number of hydrazone groups is 1. The fraction of sp³-hybridized carbons (Fsp3) is 0.0952. The second-order valence-corrected chi connectivity index (χ2v) is 7.12. The molecule has 0 aliphatic heterocycles. The monoisotopic (exact) mass is 428 g/mol. The predicted octanol–water partition coefficient (Wildman–Crippen LogP) is 4.49. The van der Waals surface area contributed by atoms with E-state index in [1.54, 1.807) is 24.3 Å². The number of benzene rings is 2. The van der Waals surface area contributed by atoms with E-state index < -0.39 is 11.8 Å². The van der Waals surface area contributed by atoms with E-state index >= 15 is 0 Å². The molecule has 2 N–H and O–H groups in total. The molecule has 1 heterocycles. The van der Waals surface area contributed by atoms with Crippen LogP contribution in [0.5, 0.6) is 0 Å². The fourth-order valence-corrected chi connectivity index (χ4v) is 3.25. The number of halogens is 2. The molecule has 3 rings (SSSR count). The third-order valence-corrected chi connectivity index (χ3v) is 4.80. The number of aromatic nitrogens is 1. The van der Waals surface area contributed by atoms with Crippen LogP contribution in [0.3, 0.4) is 0 Å². The largest absolute Gasteiger partial charge is 0.329 e. The van der Waals surface area contributed by atoms with Crippen molar-refractivity contribution in [2.75, 3.05) is 5.32 Å². The van der Waals surface area contributed by atoms with Crippen LogP contribution in [0.25, 0.3) is 5.69 Å². The highest BCUT2D eigenvalue weighted by atomic mass is 35.5. The number of nitrogens with zero attached hydrogens (tertiary/aromatic N) is 2. The van der Waals surface area contributed by atoms with Gasteiger partial charge in [0.1, 0.15) is 0 Å². The standard InChI is InChI=1S/C21H18Cl2N4O2/c1-13-10-15(14(2)27(13)17-7-5-6-16(22)11-17)12-24-26-21(29)20(28)25-19-9-4-3-8-18(19)23/h3-12H,1-2H3,(H,25,28)(H,26,29)/b24-12-. The average molecular weight is 429 g/mol. The predicted molar refractivity (Wildman–Crippen MR) is 116 cm³/mol. The van der Waals surface area contributed by atoms with E-state index in [1.807, 2.05) is 48.7 Å². The number of para-hydroxylation sites is 1.